The Kier molecular flexibility index (Phi) is 5.15. The van der Waals surface area contributed by atoms with Gasteiger partial charge in [-0.05, 0) is 31.3 Å². The van der Waals surface area contributed by atoms with Crippen molar-refractivity contribution in [2.24, 2.45) is 0 Å². The highest BCUT2D eigenvalue weighted by Gasteiger charge is 2.15. The Morgan fingerprint density at radius 2 is 2.36 bits per heavy atom. The van der Waals surface area contributed by atoms with E-state index in [1.807, 2.05) is 24.4 Å². The van der Waals surface area contributed by atoms with Gasteiger partial charge in [-0.2, -0.15) is 0 Å². The molecule has 1 aromatic rings. The topological polar surface area (TPSA) is 32.3 Å². The Morgan fingerprint density at radius 1 is 1.57 bits per heavy atom. The minimum Gasteiger partial charge on any atom is -0.386 e. The maximum Gasteiger partial charge on any atom is 0.103 e. The summed E-state index contributed by atoms with van der Waals surface area (Å²) in [5.74, 6) is 0. The molecule has 0 fully saturated rings. The zero-order valence-corrected chi connectivity index (χ0v) is 9.68. The number of unbranched alkanes of at least 4 members (excludes halogenated alkanes) is 1. The van der Waals surface area contributed by atoms with Crippen molar-refractivity contribution in [1.29, 1.82) is 0 Å². The molecule has 0 aliphatic rings. The molecule has 0 saturated carbocycles. The lowest BCUT2D eigenvalue weighted by Crippen LogP contribution is -2.32. The third kappa shape index (κ3) is 3.40. The van der Waals surface area contributed by atoms with Crippen LogP contribution in [0.25, 0.3) is 0 Å². The molecule has 2 nitrogen and oxygen atoms in total. The van der Waals surface area contributed by atoms with Gasteiger partial charge in [0.25, 0.3) is 0 Å². The third-order valence-electron chi connectivity index (χ3n) is 2.30. The van der Waals surface area contributed by atoms with Crippen LogP contribution in [0.1, 0.15) is 37.7 Å². The molecule has 1 rings (SSSR count). The second-order valence-electron chi connectivity index (χ2n) is 3.56. The summed E-state index contributed by atoms with van der Waals surface area (Å²) in [5.41, 5.74) is 0. The van der Waals surface area contributed by atoms with Gasteiger partial charge in [-0.1, -0.05) is 19.4 Å². The van der Waals surface area contributed by atoms with E-state index in [0.29, 0.717) is 0 Å². The van der Waals surface area contributed by atoms with E-state index in [2.05, 4.69) is 12.2 Å². The van der Waals surface area contributed by atoms with Crippen LogP contribution < -0.4 is 5.32 Å². The molecule has 0 saturated heterocycles. The summed E-state index contributed by atoms with van der Waals surface area (Å²) in [7, 11) is 0. The summed E-state index contributed by atoms with van der Waals surface area (Å²) in [5, 5.41) is 15.3. The Balaban J connectivity index is 2.33. The van der Waals surface area contributed by atoms with Crippen LogP contribution in [0.3, 0.4) is 0 Å². The number of rotatable bonds is 6. The Labute approximate surface area is 90.0 Å². The molecular formula is C11H19NOS. The first-order chi connectivity index (χ1) is 6.75. The van der Waals surface area contributed by atoms with E-state index < -0.39 is 0 Å². The molecule has 0 aliphatic heterocycles. The number of nitrogens with one attached hydrogen (secondary N) is 1. The Bertz CT molecular complexity index is 235. The average Bonchev–Trinajstić information content (AvgIpc) is 2.69. The average molecular weight is 213 g/mol. The van der Waals surface area contributed by atoms with Crippen molar-refractivity contribution in [1.82, 2.24) is 5.32 Å². The minimum absolute atomic E-state index is 0.139. The Morgan fingerprint density at radius 3 is 2.93 bits per heavy atom. The van der Waals surface area contributed by atoms with Gasteiger partial charge in [-0.15, -0.1) is 11.3 Å². The molecule has 2 atom stereocenters. The van der Waals surface area contributed by atoms with Crippen molar-refractivity contribution in [3.8, 4) is 0 Å². The lowest BCUT2D eigenvalue weighted by atomic mass is 10.1. The van der Waals surface area contributed by atoms with E-state index in [-0.39, 0.29) is 12.1 Å². The molecule has 14 heavy (non-hydrogen) atoms. The summed E-state index contributed by atoms with van der Waals surface area (Å²) in [6, 6.07) is 4.09. The number of aliphatic hydroxyl groups excluding tert-OH is 1. The van der Waals surface area contributed by atoms with E-state index in [0.717, 1.165) is 11.4 Å². The van der Waals surface area contributed by atoms with Crippen LogP contribution >= 0.6 is 11.3 Å². The first kappa shape index (κ1) is 11.7. The van der Waals surface area contributed by atoms with Gasteiger partial charge in [-0.3, -0.25) is 0 Å². The SMILES string of the molecule is CCCCNC(C)C(O)c1cccs1. The summed E-state index contributed by atoms with van der Waals surface area (Å²) in [4.78, 5) is 1.04. The molecule has 2 unspecified atom stereocenters. The summed E-state index contributed by atoms with van der Waals surface area (Å²) in [6.07, 6.45) is 1.99. The first-order valence-corrected chi connectivity index (χ1v) is 6.08. The van der Waals surface area contributed by atoms with Crippen LogP contribution in [0.2, 0.25) is 0 Å². The van der Waals surface area contributed by atoms with Crippen molar-refractivity contribution in [2.45, 2.75) is 38.8 Å². The fourth-order valence-corrected chi connectivity index (χ4v) is 2.14. The van der Waals surface area contributed by atoms with E-state index in [9.17, 15) is 5.11 Å². The molecule has 2 N–H and O–H groups in total. The molecule has 1 aromatic heterocycles. The van der Waals surface area contributed by atoms with Crippen LogP contribution in [0, 0.1) is 0 Å². The zero-order valence-electron chi connectivity index (χ0n) is 8.86. The second kappa shape index (κ2) is 6.17. The van der Waals surface area contributed by atoms with E-state index in [1.54, 1.807) is 11.3 Å². The van der Waals surface area contributed by atoms with E-state index >= 15 is 0 Å². The lowest BCUT2D eigenvalue weighted by molar-refractivity contribution is 0.139. The Hall–Kier alpha value is -0.380. The number of aliphatic hydroxyl groups is 1. The predicted molar refractivity (Wildman–Crippen MR) is 61.7 cm³/mol. The summed E-state index contributed by atoms with van der Waals surface area (Å²) in [6.45, 7) is 5.18. The molecule has 80 valence electrons. The molecule has 0 radical (unpaired) electrons. The van der Waals surface area contributed by atoms with Gasteiger partial charge in [0.15, 0.2) is 0 Å². The van der Waals surface area contributed by atoms with Crippen molar-refractivity contribution in [2.75, 3.05) is 6.54 Å². The quantitative estimate of drug-likeness (QED) is 0.712. The summed E-state index contributed by atoms with van der Waals surface area (Å²) >= 11 is 1.61. The fourth-order valence-electron chi connectivity index (χ4n) is 1.32. The molecule has 1 heterocycles. The van der Waals surface area contributed by atoms with Gasteiger partial charge in [0.05, 0.1) is 0 Å². The maximum absolute atomic E-state index is 9.93. The number of hydrogen-bond acceptors (Lipinski definition) is 3. The van der Waals surface area contributed by atoms with Crippen LogP contribution in [-0.4, -0.2) is 17.7 Å². The maximum atomic E-state index is 9.93. The molecule has 3 heteroatoms. The largest absolute Gasteiger partial charge is 0.386 e. The van der Waals surface area contributed by atoms with Crippen LogP contribution in [-0.2, 0) is 0 Å². The monoisotopic (exact) mass is 213 g/mol. The van der Waals surface area contributed by atoms with Gasteiger partial charge >= 0.3 is 0 Å². The van der Waals surface area contributed by atoms with Crippen LogP contribution in [0.4, 0.5) is 0 Å². The molecule has 0 bridgehead atoms. The number of hydrogen-bond donors (Lipinski definition) is 2. The second-order valence-corrected chi connectivity index (χ2v) is 4.54. The highest BCUT2D eigenvalue weighted by atomic mass is 32.1. The standard InChI is InChI=1S/C11H19NOS/c1-3-4-7-12-9(2)11(13)10-6-5-8-14-10/h5-6,8-9,11-13H,3-4,7H2,1-2H3. The van der Waals surface area contributed by atoms with Crippen molar-refractivity contribution in [3.05, 3.63) is 22.4 Å². The van der Waals surface area contributed by atoms with Crippen molar-refractivity contribution >= 4 is 11.3 Å². The minimum atomic E-state index is -0.369. The highest BCUT2D eigenvalue weighted by Crippen LogP contribution is 2.21. The van der Waals surface area contributed by atoms with Gasteiger partial charge in [0, 0.05) is 10.9 Å². The lowest BCUT2D eigenvalue weighted by Gasteiger charge is -2.18. The van der Waals surface area contributed by atoms with Gasteiger partial charge in [0.2, 0.25) is 0 Å². The van der Waals surface area contributed by atoms with Crippen molar-refractivity contribution < 1.29 is 5.11 Å². The smallest absolute Gasteiger partial charge is 0.103 e. The third-order valence-corrected chi connectivity index (χ3v) is 3.25. The van der Waals surface area contributed by atoms with Gasteiger partial charge in [-0.25, -0.2) is 0 Å². The molecule has 0 spiro atoms. The first-order valence-electron chi connectivity index (χ1n) is 5.20. The fraction of sp³-hybridized carbons (Fsp3) is 0.636. The molecular weight excluding hydrogens is 194 g/mol. The van der Waals surface area contributed by atoms with Crippen molar-refractivity contribution in [3.63, 3.8) is 0 Å². The van der Waals surface area contributed by atoms with Gasteiger partial charge < -0.3 is 10.4 Å². The molecule has 0 aliphatic carbocycles. The highest BCUT2D eigenvalue weighted by molar-refractivity contribution is 7.10. The van der Waals surface area contributed by atoms with E-state index in [4.69, 9.17) is 0 Å². The van der Waals surface area contributed by atoms with Gasteiger partial charge in [0.1, 0.15) is 6.10 Å². The molecule has 0 aromatic carbocycles. The van der Waals surface area contributed by atoms with E-state index in [1.165, 1.54) is 12.8 Å². The normalized spacial score (nSPS) is 15.4. The molecule has 0 amide bonds. The zero-order chi connectivity index (χ0) is 10.4. The predicted octanol–water partition coefficient (Wildman–Crippen LogP) is 2.56. The summed E-state index contributed by atoms with van der Waals surface area (Å²) < 4.78 is 0. The van der Waals surface area contributed by atoms with Crippen LogP contribution in [0.15, 0.2) is 17.5 Å². The number of thiophene rings is 1. The van der Waals surface area contributed by atoms with Crippen LogP contribution in [0.5, 0.6) is 0 Å².